The molecule has 2 nitrogen and oxygen atoms in total. The minimum Gasteiger partial charge on any atom is -0.455 e. The topological polar surface area (TPSA) is 16.4 Å². The molecule has 0 bridgehead atoms. The van der Waals surface area contributed by atoms with E-state index < -0.39 is 5.41 Å². The average Bonchev–Trinajstić information content (AvgIpc) is 3.99. The van der Waals surface area contributed by atoms with Crippen LogP contribution in [0.5, 0.6) is 0 Å². The number of fused-ring (bicyclic) bond motifs is 13. The fourth-order valence-electron chi connectivity index (χ4n) is 10.9. The van der Waals surface area contributed by atoms with Crippen molar-refractivity contribution in [3.8, 4) is 55.6 Å². The zero-order chi connectivity index (χ0) is 41.5. The van der Waals surface area contributed by atoms with Crippen LogP contribution in [-0.4, -0.2) is 0 Å². The molecule has 2 aliphatic carbocycles. The summed E-state index contributed by atoms with van der Waals surface area (Å²) in [6.45, 7) is 0. The molecule has 0 aliphatic heterocycles. The molecule has 0 atom stereocenters. The number of hydrogen-bond acceptors (Lipinski definition) is 2. The summed E-state index contributed by atoms with van der Waals surface area (Å²) in [7, 11) is 0. The first-order valence-corrected chi connectivity index (χ1v) is 21.8. The molecule has 0 unspecified atom stereocenters. The van der Waals surface area contributed by atoms with Crippen LogP contribution < -0.4 is 4.90 Å². The number of benzene rings is 10. The van der Waals surface area contributed by atoms with Crippen LogP contribution in [0.1, 0.15) is 22.3 Å². The highest BCUT2D eigenvalue weighted by Crippen LogP contribution is 2.63. The quantitative estimate of drug-likeness (QED) is 0.167. The minimum atomic E-state index is -0.475. The van der Waals surface area contributed by atoms with E-state index in [-0.39, 0.29) is 0 Å². The first-order chi connectivity index (χ1) is 31.3. The largest absolute Gasteiger partial charge is 0.455 e. The van der Waals surface area contributed by atoms with Crippen molar-refractivity contribution in [3.63, 3.8) is 0 Å². The summed E-state index contributed by atoms with van der Waals surface area (Å²) in [6, 6.07) is 86.6. The monoisotopic (exact) mass is 801 g/mol. The Balaban J connectivity index is 1.08. The van der Waals surface area contributed by atoms with Crippen molar-refractivity contribution < 1.29 is 4.42 Å². The zero-order valence-electron chi connectivity index (χ0n) is 34.4. The van der Waals surface area contributed by atoms with Crippen LogP contribution >= 0.6 is 0 Å². The first-order valence-electron chi connectivity index (χ1n) is 21.8. The fourth-order valence-corrected chi connectivity index (χ4v) is 10.9. The normalized spacial score (nSPS) is 12.9. The molecule has 0 fully saturated rings. The van der Waals surface area contributed by atoms with E-state index in [1.165, 1.54) is 44.5 Å². The lowest BCUT2D eigenvalue weighted by molar-refractivity contribution is 0.670. The Bertz CT molecular complexity index is 3440. The van der Waals surface area contributed by atoms with Crippen molar-refractivity contribution in [3.05, 3.63) is 259 Å². The van der Waals surface area contributed by atoms with Gasteiger partial charge >= 0.3 is 0 Å². The maximum atomic E-state index is 6.54. The van der Waals surface area contributed by atoms with Crippen LogP contribution in [0, 0.1) is 0 Å². The van der Waals surface area contributed by atoms with Crippen molar-refractivity contribution in [2.75, 3.05) is 4.90 Å². The highest BCUT2D eigenvalue weighted by molar-refractivity contribution is 6.10. The molecule has 0 saturated carbocycles. The van der Waals surface area contributed by atoms with Crippen LogP contribution in [0.2, 0.25) is 0 Å². The molecular weight excluding hydrogens is 763 g/mol. The van der Waals surface area contributed by atoms with Gasteiger partial charge in [0.1, 0.15) is 11.2 Å². The van der Waals surface area contributed by atoms with Gasteiger partial charge in [-0.05, 0) is 91.5 Å². The number of nitrogens with zero attached hydrogens (tertiary/aromatic N) is 1. The van der Waals surface area contributed by atoms with Gasteiger partial charge < -0.3 is 9.32 Å². The van der Waals surface area contributed by atoms with Gasteiger partial charge in [-0.25, -0.2) is 0 Å². The third-order valence-electron chi connectivity index (χ3n) is 13.5. The Morgan fingerprint density at radius 2 is 0.746 bits per heavy atom. The van der Waals surface area contributed by atoms with Gasteiger partial charge in [-0.1, -0.05) is 206 Å². The van der Waals surface area contributed by atoms with Crippen molar-refractivity contribution in [1.29, 1.82) is 0 Å². The molecule has 13 rings (SSSR count). The molecule has 1 aromatic heterocycles. The van der Waals surface area contributed by atoms with Crippen molar-refractivity contribution in [2.24, 2.45) is 0 Å². The first kappa shape index (κ1) is 35.5. The Morgan fingerprint density at radius 1 is 0.302 bits per heavy atom. The molecular formula is C61H39NO. The van der Waals surface area contributed by atoms with Gasteiger partial charge in [0.2, 0.25) is 0 Å². The van der Waals surface area contributed by atoms with E-state index in [0.29, 0.717) is 0 Å². The molecule has 63 heavy (non-hydrogen) atoms. The van der Waals surface area contributed by atoms with Gasteiger partial charge in [0, 0.05) is 38.8 Å². The summed E-state index contributed by atoms with van der Waals surface area (Å²) in [6.07, 6.45) is 0. The summed E-state index contributed by atoms with van der Waals surface area (Å²) in [5.74, 6) is 0. The Hall–Kier alpha value is -8.20. The number of rotatable bonds is 6. The van der Waals surface area contributed by atoms with Crippen LogP contribution in [-0.2, 0) is 5.41 Å². The van der Waals surface area contributed by atoms with Crippen molar-refractivity contribution in [1.82, 2.24) is 0 Å². The maximum absolute atomic E-state index is 6.54. The summed E-state index contributed by atoms with van der Waals surface area (Å²) < 4.78 is 6.54. The lowest BCUT2D eigenvalue weighted by atomic mass is 9.70. The van der Waals surface area contributed by atoms with E-state index in [0.717, 1.165) is 72.4 Å². The summed E-state index contributed by atoms with van der Waals surface area (Å²) in [5.41, 5.74) is 21.9. The molecule has 2 heteroatoms. The van der Waals surface area contributed by atoms with Gasteiger partial charge in [-0.3, -0.25) is 0 Å². The lowest BCUT2D eigenvalue weighted by Crippen LogP contribution is -2.26. The summed E-state index contributed by atoms with van der Waals surface area (Å²) in [4.78, 5) is 2.50. The molecule has 0 amide bonds. The second-order valence-electron chi connectivity index (χ2n) is 16.7. The second-order valence-corrected chi connectivity index (χ2v) is 16.7. The number of furan rings is 1. The fraction of sp³-hybridized carbons (Fsp3) is 0.0164. The third-order valence-corrected chi connectivity index (χ3v) is 13.5. The van der Waals surface area contributed by atoms with Gasteiger partial charge in [0.05, 0.1) is 11.1 Å². The SMILES string of the molecule is c1ccc(-c2cccc(-c3ccccc3)c2N(c2ccc(-c3cccc4c3oc3ccccc34)cc2)c2ccc3c(c2)C2(c4ccccc4-c4ccccc42)c2ccccc2-3)cc1. The van der Waals surface area contributed by atoms with Crippen LogP contribution in [0.4, 0.5) is 17.1 Å². The molecule has 1 heterocycles. The Kier molecular flexibility index (Phi) is 7.85. The standard InChI is InChI=1S/C61H39NO/c1-3-17-40(18-4-1)45-25-15-26-46(41-19-5-2-6-20-41)59(45)62(43-35-33-42(34-36-43)47-27-16-28-53-52-24-10-14-32-58(52)63-60(47)53)44-37-38-51-50-23-9-13-31-56(50)61(57(51)39-44)54-29-11-7-21-48(54)49-22-8-12-30-55(49)61/h1-39H. The summed E-state index contributed by atoms with van der Waals surface area (Å²) >= 11 is 0. The van der Waals surface area contributed by atoms with Gasteiger partial charge in [-0.15, -0.1) is 0 Å². The predicted molar refractivity (Wildman–Crippen MR) is 261 cm³/mol. The number of anilines is 3. The van der Waals surface area contributed by atoms with Gasteiger partial charge in [0.15, 0.2) is 0 Å². The molecule has 1 spiro atoms. The highest BCUT2D eigenvalue weighted by Gasteiger charge is 2.51. The highest BCUT2D eigenvalue weighted by atomic mass is 16.3. The van der Waals surface area contributed by atoms with Crippen LogP contribution in [0.15, 0.2) is 241 Å². The minimum absolute atomic E-state index is 0.475. The number of para-hydroxylation sites is 3. The average molecular weight is 802 g/mol. The van der Waals surface area contributed by atoms with E-state index in [1.807, 2.05) is 6.07 Å². The molecule has 0 radical (unpaired) electrons. The van der Waals surface area contributed by atoms with E-state index in [4.69, 9.17) is 4.42 Å². The van der Waals surface area contributed by atoms with Gasteiger partial charge in [0.25, 0.3) is 0 Å². The third kappa shape index (κ3) is 5.19. The van der Waals surface area contributed by atoms with Gasteiger partial charge in [-0.2, -0.15) is 0 Å². The maximum Gasteiger partial charge on any atom is 0.143 e. The molecule has 2 aliphatic rings. The molecule has 0 N–H and O–H groups in total. The Morgan fingerprint density at radius 3 is 1.37 bits per heavy atom. The molecule has 294 valence electrons. The lowest BCUT2D eigenvalue weighted by Gasteiger charge is -2.33. The zero-order valence-corrected chi connectivity index (χ0v) is 34.4. The second kappa shape index (κ2) is 13.9. The Labute approximate surface area is 366 Å². The van der Waals surface area contributed by atoms with Crippen LogP contribution in [0.3, 0.4) is 0 Å². The molecule has 0 saturated heterocycles. The smallest absolute Gasteiger partial charge is 0.143 e. The van der Waals surface area contributed by atoms with E-state index in [9.17, 15) is 0 Å². The van der Waals surface area contributed by atoms with E-state index in [2.05, 4.69) is 235 Å². The molecule has 11 aromatic rings. The summed E-state index contributed by atoms with van der Waals surface area (Å²) in [5, 5.41) is 2.26. The van der Waals surface area contributed by atoms with E-state index in [1.54, 1.807) is 0 Å². The van der Waals surface area contributed by atoms with Crippen molar-refractivity contribution in [2.45, 2.75) is 5.41 Å². The number of hydrogen-bond donors (Lipinski definition) is 0. The van der Waals surface area contributed by atoms with Crippen molar-refractivity contribution >= 4 is 39.0 Å². The van der Waals surface area contributed by atoms with E-state index >= 15 is 0 Å². The van der Waals surface area contributed by atoms with Crippen LogP contribution in [0.25, 0.3) is 77.6 Å². The predicted octanol–water partition coefficient (Wildman–Crippen LogP) is 16.4. The molecule has 10 aromatic carbocycles.